The van der Waals surface area contributed by atoms with Gasteiger partial charge in [-0.3, -0.25) is 0 Å². The van der Waals surface area contributed by atoms with E-state index in [2.05, 4.69) is 10.1 Å². The summed E-state index contributed by atoms with van der Waals surface area (Å²) in [5, 5.41) is 3.83. The summed E-state index contributed by atoms with van der Waals surface area (Å²) >= 11 is 0.559. The van der Waals surface area contributed by atoms with Crippen molar-refractivity contribution in [2.24, 2.45) is 0 Å². The second-order valence-corrected chi connectivity index (χ2v) is 5.83. The third kappa shape index (κ3) is 2.37. The third-order valence-electron chi connectivity index (χ3n) is 3.24. The fraction of sp³-hybridized carbons (Fsp3) is 0.143. The molecule has 0 saturated heterocycles. The lowest BCUT2D eigenvalue weighted by molar-refractivity contribution is -0.182. The van der Waals surface area contributed by atoms with Gasteiger partial charge in [-0.25, -0.2) is 13.9 Å². The van der Waals surface area contributed by atoms with Crippen molar-refractivity contribution in [1.29, 1.82) is 0 Å². The van der Waals surface area contributed by atoms with Crippen LogP contribution in [0.5, 0.6) is 0 Å². The van der Waals surface area contributed by atoms with Gasteiger partial charge in [-0.05, 0) is 12.1 Å². The van der Waals surface area contributed by atoms with E-state index >= 15 is 0 Å². The van der Waals surface area contributed by atoms with E-state index in [9.17, 15) is 17.6 Å². The van der Waals surface area contributed by atoms with Crippen LogP contribution in [0.2, 0.25) is 0 Å². The van der Waals surface area contributed by atoms with Crippen LogP contribution in [0, 0.1) is 0 Å². The van der Waals surface area contributed by atoms with Crippen molar-refractivity contribution in [2.75, 3.05) is 0 Å². The molecule has 0 fully saturated rings. The molecule has 9 heteroatoms. The summed E-state index contributed by atoms with van der Waals surface area (Å²) in [6.07, 6.45) is -6.67. The molecule has 4 nitrogen and oxygen atoms in total. The number of hydrogen-bond donors (Lipinski definition) is 0. The molecule has 0 aliphatic rings. The molecule has 3 heterocycles. The van der Waals surface area contributed by atoms with Crippen LogP contribution in [0.3, 0.4) is 0 Å². The molecule has 4 rings (SSSR count). The zero-order valence-corrected chi connectivity index (χ0v) is 12.0. The number of halogens is 4. The van der Waals surface area contributed by atoms with E-state index in [0.29, 0.717) is 28.4 Å². The quantitative estimate of drug-likeness (QED) is 0.493. The van der Waals surface area contributed by atoms with E-state index in [1.54, 1.807) is 12.1 Å². The standard InChI is InChI=1S/C14H7F4N3OS/c15-11(14(16,17)18)12-20-21-6-8(19-13(21)23-12)10-5-7-3-1-2-4-9(7)22-10/h1-6,11H. The topological polar surface area (TPSA) is 43.3 Å². The van der Waals surface area contributed by atoms with Gasteiger partial charge in [0.1, 0.15) is 11.3 Å². The lowest BCUT2D eigenvalue weighted by Gasteiger charge is -2.07. The van der Waals surface area contributed by atoms with Crippen molar-refractivity contribution in [3.05, 3.63) is 41.5 Å². The maximum absolute atomic E-state index is 13.3. The highest BCUT2D eigenvalue weighted by atomic mass is 32.1. The lowest BCUT2D eigenvalue weighted by atomic mass is 10.2. The van der Waals surface area contributed by atoms with Gasteiger partial charge < -0.3 is 4.42 Å². The van der Waals surface area contributed by atoms with Crippen molar-refractivity contribution < 1.29 is 22.0 Å². The predicted molar refractivity (Wildman–Crippen MR) is 76.0 cm³/mol. The van der Waals surface area contributed by atoms with Crippen LogP contribution >= 0.6 is 11.3 Å². The molecule has 0 bridgehead atoms. The Labute approximate surface area is 130 Å². The molecule has 0 N–H and O–H groups in total. The largest absolute Gasteiger partial charge is 0.454 e. The first-order valence-corrected chi connectivity index (χ1v) is 7.29. The average Bonchev–Trinajstić information content (AvgIpc) is 3.16. The summed E-state index contributed by atoms with van der Waals surface area (Å²) in [6.45, 7) is 0. The highest BCUT2D eigenvalue weighted by Crippen LogP contribution is 2.38. The Morgan fingerprint density at radius 2 is 2.00 bits per heavy atom. The van der Waals surface area contributed by atoms with Gasteiger partial charge >= 0.3 is 6.18 Å². The van der Waals surface area contributed by atoms with Gasteiger partial charge in [-0.15, -0.1) is 0 Å². The van der Waals surface area contributed by atoms with Gasteiger partial charge in [0, 0.05) is 5.39 Å². The van der Waals surface area contributed by atoms with Crippen molar-refractivity contribution in [3.63, 3.8) is 0 Å². The molecule has 0 radical (unpaired) electrons. The smallest absolute Gasteiger partial charge is 0.426 e. The number of aromatic nitrogens is 3. The number of para-hydroxylation sites is 1. The van der Waals surface area contributed by atoms with Gasteiger partial charge in [0.15, 0.2) is 10.8 Å². The zero-order valence-electron chi connectivity index (χ0n) is 11.2. The van der Waals surface area contributed by atoms with Gasteiger partial charge in [0.05, 0.1) is 6.20 Å². The second-order valence-electron chi connectivity index (χ2n) is 4.85. The van der Waals surface area contributed by atoms with Crippen LogP contribution in [0.4, 0.5) is 17.6 Å². The van der Waals surface area contributed by atoms with Gasteiger partial charge in [0.25, 0.3) is 0 Å². The van der Waals surface area contributed by atoms with Crippen molar-refractivity contribution in [3.8, 4) is 11.5 Å². The van der Waals surface area contributed by atoms with Crippen molar-refractivity contribution in [1.82, 2.24) is 14.6 Å². The average molecular weight is 341 g/mol. The summed E-state index contributed by atoms with van der Waals surface area (Å²) in [5.41, 5.74) is 1.10. The van der Waals surface area contributed by atoms with Gasteiger partial charge in [-0.1, -0.05) is 29.5 Å². The van der Waals surface area contributed by atoms with E-state index in [0.717, 1.165) is 9.90 Å². The number of hydrogen-bond acceptors (Lipinski definition) is 4. The minimum Gasteiger partial charge on any atom is -0.454 e. The van der Waals surface area contributed by atoms with Crippen molar-refractivity contribution in [2.45, 2.75) is 12.3 Å². The van der Waals surface area contributed by atoms with E-state index in [-0.39, 0.29) is 4.96 Å². The fourth-order valence-electron chi connectivity index (χ4n) is 2.18. The summed E-state index contributed by atoms with van der Waals surface area (Å²) in [7, 11) is 0. The third-order valence-corrected chi connectivity index (χ3v) is 4.20. The number of rotatable bonds is 2. The zero-order chi connectivity index (χ0) is 16.2. The Balaban J connectivity index is 1.74. The second kappa shape index (κ2) is 4.79. The molecule has 3 aromatic heterocycles. The Bertz CT molecular complexity index is 936. The molecule has 1 unspecified atom stereocenters. The Morgan fingerprint density at radius 3 is 2.70 bits per heavy atom. The first-order chi connectivity index (χ1) is 10.9. The number of benzene rings is 1. The SMILES string of the molecule is FC(c1nn2cc(-c3cc4ccccc4o3)nc2s1)C(F)(F)F. The molecule has 0 saturated carbocycles. The summed E-state index contributed by atoms with van der Waals surface area (Å²) in [5.74, 6) is 0.470. The highest BCUT2D eigenvalue weighted by molar-refractivity contribution is 7.16. The van der Waals surface area contributed by atoms with Gasteiger partial charge in [-0.2, -0.15) is 18.3 Å². The van der Waals surface area contributed by atoms with Crippen molar-refractivity contribution >= 4 is 27.3 Å². The summed E-state index contributed by atoms with van der Waals surface area (Å²) in [6, 6.07) is 9.13. The van der Waals surface area contributed by atoms with E-state index in [1.165, 1.54) is 6.20 Å². The molecular formula is C14H7F4N3OS. The monoisotopic (exact) mass is 341 g/mol. The molecule has 0 aliphatic heterocycles. The maximum Gasteiger partial charge on any atom is 0.426 e. The van der Waals surface area contributed by atoms with E-state index in [4.69, 9.17) is 4.42 Å². The number of nitrogens with zero attached hydrogens (tertiary/aromatic N) is 3. The number of fused-ring (bicyclic) bond motifs is 2. The van der Waals surface area contributed by atoms with Gasteiger partial charge in [0.2, 0.25) is 11.1 Å². The minimum atomic E-state index is -4.97. The predicted octanol–water partition coefficient (Wildman–Crippen LogP) is 4.78. The van der Waals surface area contributed by atoms with Crippen LogP contribution < -0.4 is 0 Å². The van der Waals surface area contributed by atoms with Crippen LogP contribution in [0.1, 0.15) is 11.2 Å². The van der Waals surface area contributed by atoms with Crippen LogP contribution in [-0.4, -0.2) is 20.8 Å². The summed E-state index contributed by atoms with van der Waals surface area (Å²) < 4.78 is 57.2. The first-order valence-electron chi connectivity index (χ1n) is 6.48. The maximum atomic E-state index is 13.3. The van der Waals surface area contributed by atoms with Crippen LogP contribution in [0.15, 0.2) is 40.9 Å². The van der Waals surface area contributed by atoms with E-state index < -0.39 is 17.4 Å². The molecule has 4 aromatic rings. The highest BCUT2D eigenvalue weighted by Gasteiger charge is 2.43. The molecule has 23 heavy (non-hydrogen) atoms. The Morgan fingerprint density at radius 1 is 1.22 bits per heavy atom. The number of alkyl halides is 4. The molecule has 1 aromatic carbocycles. The molecule has 0 spiro atoms. The summed E-state index contributed by atoms with van der Waals surface area (Å²) in [4.78, 5) is 4.32. The Hall–Kier alpha value is -2.42. The van der Waals surface area contributed by atoms with Crippen LogP contribution in [0.25, 0.3) is 27.4 Å². The normalized spacial score (nSPS) is 13.9. The number of furan rings is 1. The molecule has 1 atom stereocenters. The first kappa shape index (κ1) is 14.2. The lowest BCUT2D eigenvalue weighted by Crippen LogP contribution is -2.16. The molecule has 0 aliphatic carbocycles. The molecule has 0 amide bonds. The van der Waals surface area contributed by atoms with Crippen LogP contribution in [-0.2, 0) is 0 Å². The number of imidazole rings is 1. The van der Waals surface area contributed by atoms with E-state index in [1.807, 2.05) is 18.2 Å². The fourth-order valence-corrected chi connectivity index (χ4v) is 3.07. The molecular weight excluding hydrogens is 334 g/mol. The Kier molecular flexibility index (Phi) is 2.95. The minimum absolute atomic E-state index is 0.169. The molecule has 118 valence electrons.